The van der Waals surface area contributed by atoms with Crippen LogP contribution in [0.3, 0.4) is 0 Å². The molecule has 1 saturated heterocycles. The minimum absolute atomic E-state index is 0.222. The van der Waals surface area contributed by atoms with Crippen LogP contribution in [-0.4, -0.2) is 50.5 Å². The van der Waals surface area contributed by atoms with E-state index in [4.69, 9.17) is 0 Å². The molecule has 5 nitrogen and oxygen atoms in total. The van der Waals surface area contributed by atoms with Crippen LogP contribution >= 0.6 is 0 Å². The van der Waals surface area contributed by atoms with Crippen molar-refractivity contribution in [3.05, 3.63) is 48.5 Å². The molecule has 0 saturated carbocycles. The normalized spacial score (nSPS) is 18.4. The summed E-state index contributed by atoms with van der Waals surface area (Å²) in [6.45, 7) is 4.01. The van der Waals surface area contributed by atoms with E-state index in [0.29, 0.717) is 5.92 Å². The van der Waals surface area contributed by atoms with Gasteiger partial charge in [0.2, 0.25) is 0 Å². The molecule has 1 unspecified atom stereocenters. The molecule has 5 heteroatoms. The fourth-order valence-corrected chi connectivity index (χ4v) is 3.18. The van der Waals surface area contributed by atoms with Gasteiger partial charge in [0.05, 0.1) is 12.6 Å². The molecular formula is C17H24N4O. The van der Waals surface area contributed by atoms with Crippen molar-refractivity contribution >= 4 is 0 Å². The number of rotatable bonds is 6. The zero-order chi connectivity index (χ0) is 15.2. The minimum atomic E-state index is -0.222. The van der Waals surface area contributed by atoms with Crippen LogP contribution in [0.1, 0.15) is 18.4 Å². The summed E-state index contributed by atoms with van der Waals surface area (Å²) in [5.74, 6) is 0.419. The summed E-state index contributed by atoms with van der Waals surface area (Å²) in [6.07, 6.45) is 6.03. The summed E-state index contributed by atoms with van der Waals surface area (Å²) in [5.41, 5.74) is 1.23. The largest absolute Gasteiger partial charge is 0.392 e. The maximum atomic E-state index is 10.5. The summed E-state index contributed by atoms with van der Waals surface area (Å²) >= 11 is 0. The first kappa shape index (κ1) is 15.2. The van der Waals surface area contributed by atoms with E-state index >= 15 is 0 Å². The molecule has 0 spiro atoms. The van der Waals surface area contributed by atoms with Gasteiger partial charge in [-0.2, -0.15) is 5.10 Å². The molecule has 0 radical (unpaired) electrons. The van der Waals surface area contributed by atoms with Crippen LogP contribution in [-0.2, 0) is 13.0 Å². The maximum absolute atomic E-state index is 10.5. The lowest BCUT2D eigenvalue weighted by molar-refractivity contribution is 0.0585. The Hall–Kier alpha value is -1.72. The summed E-state index contributed by atoms with van der Waals surface area (Å²) in [6, 6.07) is 10.3. The third kappa shape index (κ3) is 4.15. The molecule has 0 aliphatic carbocycles. The van der Waals surface area contributed by atoms with Gasteiger partial charge in [0.15, 0.2) is 0 Å². The second-order valence-electron chi connectivity index (χ2n) is 6.09. The van der Waals surface area contributed by atoms with Crippen LogP contribution in [0.2, 0.25) is 0 Å². The van der Waals surface area contributed by atoms with E-state index in [-0.39, 0.29) is 6.10 Å². The zero-order valence-corrected chi connectivity index (χ0v) is 12.9. The fraction of sp³-hybridized carbons (Fsp3) is 0.529. The molecule has 2 heterocycles. The number of hydrogen-bond donors (Lipinski definition) is 1. The summed E-state index contributed by atoms with van der Waals surface area (Å²) in [7, 11) is 0. The zero-order valence-electron chi connectivity index (χ0n) is 12.9. The molecule has 0 amide bonds. The highest BCUT2D eigenvalue weighted by Crippen LogP contribution is 2.23. The number of aromatic nitrogens is 3. The molecule has 1 aromatic heterocycles. The number of likely N-dealkylation sites (tertiary alicyclic amines) is 1. The highest BCUT2D eigenvalue weighted by Gasteiger charge is 2.25. The van der Waals surface area contributed by atoms with Crippen molar-refractivity contribution in [1.82, 2.24) is 19.7 Å². The number of piperidine rings is 1. The number of benzene rings is 1. The second-order valence-corrected chi connectivity index (χ2v) is 6.09. The number of aliphatic hydroxyl groups excluding tert-OH is 1. The van der Waals surface area contributed by atoms with E-state index in [0.717, 1.165) is 45.4 Å². The van der Waals surface area contributed by atoms with Crippen LogP contribution in [0, 0.1) is 5.92 Å². The lowest BCUT2D eigenvalue weighted by Crippen LogP contribution is -2.39. The molecule has 22 heavy (non-hydrogen) atoms. The summed E-state index contributed by atoms with van der Waals surface area (Å²) < 4.78 is 1.87. The molecule has 1 atom stereocenters. The lowest BCUT2D eigenvalue weighted by Gasteiger charge is -2.34. The van der Waals surface area contributed by atoms with E-state index in [1.54, 1.807) is 12.7 Å². The first-order chi connectivity index (χ1) is 10.8. The van der Waals surface area contributed by atoms with E-state index in [1.165, 1.54) is 5.56 Å². The topological polar surface area (TPSA) is 54.2 Å². The van der Waals surface area contributed by atoms with Crippen molar-refractivity contribution in [1.29, 1.82) is 0 Å². The van der Waals surface area contributed by atoms with Crippen molar-refractivity contribution in [3.8, 4) is 0 Å². The predicted molar refractivity (Wildman–Crippen MR) is 85.3 cm³/mol. The summed E-state index contributed by atoms with van der Waals surface area (Å²) in [5, 5.41) is 14.6. The highest BCUT2D eigenvalue weighted by molar-refractivity contribution is 5.15. The molecule has 1 aliphatic rings. The monoisotopic (exact) mass is 300 g/mol. The van der Waals surface area contributed by atoms with Crippen LogP contribution in [0.15, 0.2) is 43.0 Å². The SMILES string of the molecule is OC(Cc1ccccc1)C1CCN(CCn2cncn2)CC1. The molecule has 3 rings (SSSR count). The Kier molecular flexibility index (Phi) is 5.19. The Morgan fingerprint density at radius 3 is 2.59 bits per heavy atom. The number of hydrogen-bond acceptors (Lipinski definition) is 4. The third-order valence-electron chi connectivity index (χ3n) is 4.58. The van der Waals surface area contributed by atoms with Crippen LogP contribution < -0.4 is 0 Å². The first-order valence-corrected chi connectivity index (χ1v) is 8.08. The quantitative estimate of drug-likeness (QED) is 0.880. The van der Waals surface area contributed by atoms with Gasteiger partial charge in [-0.15, -0.1) is 0 Å². The van der Waals surface area contributed by atoms with Crippen molar-refractivity contribution in [2.45, 2.75) is 31.9 Å². The Morgan fingerprint density at radius 2 is 1.91 bits per heavy atom. The van der Waals surface area contributed by atoms with Gasteiger partial charge in [-0.1, -0.05) is 30.3 Å². The van der Waals surface area contributed by atoms with Crippen molar-refractivity contribution in [3.63, 3.8) is 0 Å². The van der Waals surface area contributed by atoms with Crippen LogP contribution in [0.4, 0.5) is 0 Å². The molecular weight excluding hydrogens is 276 g/mol. The molecule has 2 aromatic rings. The minimum Gasteiger partial charge on any atom is -0.392 e. The van der Waals surface area contributed by atoms with E-state index < -0.39 is 0 Å². The van der Waals surface area contributed by atoms with Crippen molar-refractivity contribution < 1.29 is 5.11 Å². The Bertz CT molecular complexity index is 535. The Labute approximate surface area is 131 Å². The van der Waals surface area contributed by atoms with Gasteiger partial charge in [0.1, 0.15) is 12.7 Å². The Morgan fingerprint density at radius 1 is 1.14 bits per heavy atom. The van der Waals surface area contributed by atoms with Gasteiger partial charge >= 0.3 is 0 Å². The third-order valence-corrected chi connectivity index (χ3v) is 4.58. The van der Waals surface area contributed by atoms with Crippen molar-refractivity contribution in [2.24, 2.45) is 5.92 Å². The van der Waals surface area contributed by atoms with E-state index in [2.05, 4.69) is 27.1 Å². The van der Waals surface area contributed by atoms with E-state index in [1.807, 2.05) is 22.9 Å². The smallest absolute Gasteiger partial charge is 0.137 e. The molecule has 0 bridgehead atoms. The molecule has 1 aliphatic heterocycles. The average Bonchev–Trinajstić information content (AvgIpc) is 3.08. The number of aliphatic hydroxyl groups is 1. The van der Waals surface area contributed by atoms with Gasteiger partial charge in [-0.05, 0) is 43.8 Å². The average molecular weight is 300 g/mol. The van der Waals surface area contributed by atoms with Gasteiger partial charge in [-0.25, -0.2) is 4.98 Å². The molecule has 1 N–H and O–H groups in total. The van der Waals surface area contributed by atoms with Gasteiger partial charge in [-0.3, -0.25) is 4.68 Å². The highest BCUT2D eigenvalue weighted by atomic mass is 16.3. The molecule has 1 aromatic carbocycles. The first-order valence-electron chi connectivity index (χ1n) is 8.08. The second kappa shape index (κ2) is 7.51. The van der Waals surface area contributed by atoms with Crippen LogP contribution in [0.25, 0.3) is 0 Å². The van der Waals surface area contributed by atoms with Crippen molar-refractivity contribution in [2.75, 3.05) is 19.6 Å². The number of nitrogens with zero attached hydrogens (tertiary/aromatic N) is 4. The predicted octanol–water partition coefficient (Wildman–Crippen LogP) is 1.59. The Balaban J connectivity index is 1.41. The van der Waals surface area contributed by atoms with Gasteiger partial charge in [0.25, 0.3) is 0 Å². The van der Waals surface area contributed by atoms with E-state index in [9.17, 15) is 5.11 Å². The summed E-state index contributed by atoms with van der Waals surface area (Å²) in [4.78, 5) is 6.41. The van der Waals surface area contributed by atoms with Gasteiger partial charge < -0.3 is 10.0 Å². The maximum Gasteiger partial charge on any atom is 0.137 e. The standard InChI is InChI=1S/C17H24N4O/c22-17(12-15-4-2-1-3-5-15)16-6-8-20(9-7-16)10-11-21-14-18-13-19-21/h1-5,13-14,16-17,22H,6-12H2. The fourth-order valence-electron chi connectivity index (χ4n) is 3.18. The molecule has 1 fully saturated rings. The van der Waals surface area contributed by atoms with Gasteiger partial charge in [0, 0.05) is 6.54 Å². The van der Waals surface area contributed by atoms with Crippen LogP contribution in [0.5, 0.6) is 0 Å². The molecule has 118 valence electrons. The lowest BCUT2D eigenvalue weighted by atomic mass is 9.88.